The van der Waals surface area contributed by atoms with Crippen LogP contribution < -0.4 is 0 Å². The van der Waals surface area contributed by atoms with E-state index in [9.17, 15) is 4.79 Å². The number of aromatic nitrogens is 5. The summed E-state index contributed by atoms with van der Waals surface area (Å²) in [6.45, 7) is 0. The van der Waals surface area contributed by atoms with Crippen molar-refractivity contribution in [1.82, 2.24) is 24.7 Å². The van der Waals surface area contributed by atoms with Crippen LogP contribution in [0.4, 0.5) is 0 Å². The molecule has 0 spiro atoms. The number of rotatable bonds is 2. The van der Waals surface area contributed by atoms with Gasteiger partial charge in [-0.25, -0.2) is 14.8 Å². The first-order chi connectivity index (χ1) is 11.2. The third-order valence-corrected chi connectivity index (χ3v) is 3.79. The number of fused-ring (bicyclic) bond motifs is 2. The number of imidazole rings is 1. The number of nitrogens with one attached hydrogen (secondary N) is 1. The molecule has 0 radical (unpaired) electrons. The zero-order chi connectivity index (χ0) is 16.0. The van der Waals surface area contributed by atoms with Crippen molar-refractivity contribution < 1.29 is 9.53 Å². The largest absolute Gasteiger partial charge is 0.463 e. The molecule has 0 aliphatic rings. The molecule has 0 aliphatic carbocycles. The van der Waals surface area contributed by atoms with Crippen LogP contribution in [0.3, 0.4) is 0 Å². The number of nitrogens with zero attached hydrogens (tertiary/aromatic N) is 4. The summed E-state index contributed by atoms with van der Waals surface area (Å²) in [6, 6.07) is 7.71. The van der Waals surface area contributed by atoms with Gasteiger partial charge in [0, 0.05) is 30.4 Å². The van der Waals surface area contributed by atoms with Crippen molar-refractivity contribution in [1.29, 1.82) is 0 Å². The van der Waals surface area contributed by atoms with Crippen molar-refractivity contribution in [2.75, 3.05) is 7.11 Å². The topological polar surface area (TPSA) is 85.7 Å². The number of hydrogen-bond donors (Lipinski definition) is 1. The number of carbonyl (C=O) groups is 1. The molecule has 0 atom stereocenters. The first-order valence-corrected chi connectivity index (χ1v) is 7.02. The summed E-state index contributed by atoms with van der Waals surface area (Å²) in [6.07, 6.45) is 3.50. The molecule has 7 nitrogen and oxygen atoms in total. The number of H-pyrrole nitrogens is 1. The maximum atomic E-state index is 11.6. The van der Waals surface area contributed by atoms with Gasteiger partial charge in [0.2, 0.25) is 5.82 Å². The van der Waals surface area contributed by atoms with Crippen LogP contribution >= 0.6 is 0 Å². The number of hydrogen-bond acceptors (Lipinski definition) is 5. The Kier molecular flexibility index (Phi) is 2.87. The van der Waals surface area contributed by atoms with Crippen LogP contribution in [0.15, 0.2) is 36.7 Å². The summed E-state index contributed by atoms with van der Waals surface area (Å²) in [4.78, 5) is 24.1. The Morgan fingerprint density at radius 3 is 2.57 bits per heavy atom. The zero-order valence-corrected chi connectivity index (χ0v) is 12.6. The van der Waals surface area contributed by atoms with E-state index in [1.54, 1.807) is 12.4 Å². The fourth-order valence-electron chi connectivity index (χ4n) is 2.69. The third kappa shape index (κ3) is 2.05. The van der Waals surface area contributed by atoms with Gasteiger partial charge in [-0.2, -0.15) is 0 Å². The highest BCUT2D eigenvalue weighted by molar-refractivity contribution is 6.02. The summed E-state index contributed by atoms with van der Waals surface area (Å²) in [7, 11) is 3.24. The summed E-state index contributed by atoms with van der Waals surface area (Å²) < 4.78 is 6.59. The van der Waals surface area contributed by atoms with E-state index in [1.807, 2.05) is 36.0 Å². The van der Waals surface area contributed by atoms with Gasteiger partial charge in [0.15, 0.2) is 0 Å². The predicted octanol–water partition coefficient (Wildman–Crippen LogP) is 2.30. The van der Waals surface area contributed by atoms with Crippen molar-refractivity contribution in [2.45, 2.75) is 0 Å². The zero-order valence-electron chi connectivity index (χ0n) is 12.6. The summed E-state index contributed by atoms with van der Waals surface area (Å²) in [5, 5.41) is 4.33. The molecular weight excluding hydrogens is 294 g/mol. The van der Waals surface area contributed by atoms with E-state index in [0.717, 1.165) is 22.2 Å². The van der Waals surface area contributed by atoms with Gasteiger partial charge in [0.25, 0.3) is 0 Å². The van der Waals surface area contributed by atoms with Crippen LogP contribution in [0.5, 0.6) is 0 Å². The second kappa shape index (κ2) is 4.91. The van der Waals surface area contributed by atoms with E-state index in [4.69, 9.17) is 0 Å². The SMILES string of the molecule is COC(=O)c1nc2cc3c(-c4ccncc4)[nH]n(C)c3cc2n1. The minimum absolute atomic E-state index is 0.0762. The summed E-state index contributed by atoms with van der Waals surface area (Å²) in [5.41, 5.74) is 4.29. The van der Waals surface area contributed by atoms with E-state index in [-0.39, 0.29) is 5.82 Å². The van der Waals surface area contributed by atoms with Crippen molar-refractivity contribution in [3.05, 3.63) is 42.5 Å². The molecular formula is C16H13N5O2. The highest BCUT2D eigenvalue weighted by Crippen LogP contribution is 2.30. The standard InChI is InChI=1S/C16H13N5O2/c1-21-13-8-12-11(18-15(19-12)16(22)23-2)7-10(13)14(20-21)9-3-5-17-6-4-9/h3-8,20H,1-2H3. The Morgan fingerprint density at radius 1 is 1.17 bits per heavy atom. The lowest BCUT2D eigenvalue weighted by atomic mass is 10.1. The second-order valence-electron chi connectivity index (χ2n) is 5.18. The first kappa shape index (κ1) is 13.4. The first-order valence-electron chi connectivity index (χ1n) is 7.02. The highest BCUT2D eigenvalue weighted by Gasteiger charge is 2.16. The molecule has 0 aliphatic heterocycles. The smallest absolute Gasteiger partial charge is 0.376 e. The van der Waals surface area contributed by atoms with Crippen molar-refractivity contribution in [3.8, 4) is 11.3 Å². The van der Waals surface area contributed by atoms with E-state index in [2.05, 4.69) is 24.8 Å². The summed E-state index contributed by atoms with van der Waals surface area (Å²) >= 11 is 0. The van der Waals surface area contributed by atoms with Gasteiger partial charge in [-0.1, -0.05) is 0 Å². The van der Waals surface area contributed by atoms with Gasteiger partial charge >= 0.3 is 5.97 Å². The lowest BCUT2D eigenvalue weighted by Crippen LogP contribution is -2.02. The maximum Gasteiger partial charge on any atom is 0.376 e. The lowest BCUT2D eigenvalue weighted by Gasteiger charge is -1.97. The Labute approximate surface area is 130 Å². The molecule has 0 bridgehead atoms. The molecule has 23 heavy (non-hydrogen) atoms. The number of benzene rings is 1. The number of ether oxygens (including phenoxy) is 1. The van der Waals surface area contributed by atoms with E-state index in [0.29, 0.717) is 11.0 Å². The van der Waals surface area contributed by atoms with Crippen LogP contribution in [0, 0.1) is 0 Å². The van der Waals surface area contributed by atoms with Gasteiger partial charge in [-0.15, -0.1) is 0 Å². The number of aryl methyl sites for hydroxylation is 1. The average molecular weight is 307 g/mol. The fraction of sp³-hybridized carbons (Fsp3) is 0.125. The van der Waals surface area contributed by atoms with E-state index >= 15 is 0 Å². The van der Waals surface area contributed by atoms with Crippen LogP contribution in [-0.4, -0.2) is 37.8 Å². The van der Waals surface area contributed by atoms with Gasteiger partial charge in [0.05, 0.1) is 29.4 Å². The molecule has 1 aromatic carbocycles. The maximum absolute atomic E-state index is 11.6. The number of carbonyl (C=O) groups excluding carboxylic acids is 1. The van der Waals surface area contributed by atoms with Crippen LogP contribution in [0.2, 0.25) is 0 Å². The molecule has 0 unspecified atom stereocenters. The number of pyridine rings is 1. The molecule has 4 rings (SSSR count). The molecule has 0 amide bonds. The molecule has 3 aromatic heterocycles. The normalized spacial score (nSPS) is 11.2. The number of esters is 1. The van der Waals surface area contributed by atoms with Gasteiger partial charge in [-0.3, -0.25) is 14.8 Å². The van der Waals surface area contributed by atoms with Crippen molar-refractivity contribution in [2.24, 2.45) is 7.05 Å². The molecule has 114 valence electrons. The van der Waals surface area contributed by atoms with Crippen molar-refractivity contribution >= 4 is 27.9 Å². The van der Waals surface area contributed by atoms with Crippen molar-refractivity contribution in [3.63, 3.8) is 0 Å². The number of aromatic amines is 1. The molecule has 1 N–H and O–H groups in total. The molecule has 0 saturated carbocycles. The highest BCUT2D eigenvalue weighted by atomic mass is 16.5. The van der Waals surface area contributed by atoms with Gasteiger partial charge in [0.1, 0.15) is 0 Å². The molecule has 3 heterocycles. The quantitative estimate of drug-likeness (QED) is 0.574. The monoisotopic (exact) mass is 307 g/mol. The fourth-order valence-corrected chi connectivity index (χ4v) is 2.69. The van der Waals surface area contributed by atoms with Gasteiger partial charge in [-0.05, 0) is 24.3 Å². The second-order valence-corrected chi connectivity index (χ2v) is 5.18. The molecule has 0 fully saturated rings. The van der Waals surface area contributed by atoms with E-state index in [1.165, 1.54) is 7.11 Å². The Balaban J connectivity index is 1.98. The summed E-state index contributed by atoms with van der Waals surface area (Å²) in [5.74, 6) is -0.460. The number of methoxy groups -OCH3 is 1. The Hall–Kier alpha value is -3.22. The molecule has 7 heteroatoms. The average Bonchev–Trinajstić information content (AvgIpc) is 3.14. The Bertz CT molecular complexity index is 1030. The Morgan fingerprint density at radius 2 is 1.87 bits per heavy atom. The van der Waals surface area contributed by atoms with Crippen LogP contribution in [0.1, 0.15) is 10.6 Å². The minimum atomic E-state index is -0.536. The predicted molar refractivity (Wildman–Crippen MR) is 84.9 cm³/mol. The third-order valence-electron chi connectivity index (χ3n) is 3.79. The minimum Gasteiger partial charge on any atom is -0.463 e. The molecule has 4 aromatic rings. The van der Waals surface area contributed by atoms with E-state index < -0.39 is 5.97 Å². The lowest BCUT2D eigenvalue weighted by molar-refractivity contribution is 0.0588. The van der Waals surface area contributed by atoms with Crippen LogP contribution in [0.25, 0.3) is 33.2 Å². The van der Waals surface area contributed by atoms with Gasteiger partial charge < -0.3 is 4.74 Å². The molecule has 0 saturated heterocycles. The van der Waals surface area contributed by atoms with Crippen LogP contribution in [-0.2, 0) is 11.8 Å².